The van der Waals surface area contributed by atoms with Gasteiger partial charge in [0.25, 0.3) is 0 Å². The lowest BCUT2D eigenvalue weighted by Gasteiger charge is -2.13. The van der Waals surface area contributed by atoms with Crippen molar-refractivity contribution in [2.45, 2.75) is 39.7 Å². The predicted octanol–water partition coefficient (Wildman–Crippen LogP) is 4.27. The third-order valence-corrected chi connectivity index (χ3v) is 7.45. The fourth-order valence-corrected chi connectivity index (χ4v) is 5.48. The molecule has 4 aromatic rings. The van der Waals surface area contributed by atoms with E-state index < -0.39 is 6.04 Å². The summed E-state index contributed by atoms with van der Waals surface area (Å²) in [4.78, 5) is 26.3. The molecule has 0 aliphatic carbocycles. The summed E-state index contributed by atoms with van der Waals surface area (Å²) in [5.41, 5.74) is 4.98. The van der Waals surface area contributed by atoms with E-state index in [1.807, 2.05) is 31.2 Å². The highest BCUT2D eigenvalue weighted by atomic mass is 35.5. The molecule has 1 aliphatic rings. The number of amides is 1. The minimum absolute atomic E-state index is 0.0888. The molecular weight excluding hydrogens is 470 g/mol. The Morgan fingerprint density at radius 1 is 1.21 bits per heavy atom. The van der Waals surface area contributed by atoms with Gasteiger partial charge in [0.05, 0.1) is 18.5 Å². The highest BCUT2D eigenvalue weighted by molar-refractivity contribution is 7.15. The number of aromatic nitrogens is 5. The number of aliphatic imine (C=N–C) groups is 1. The smallest absolute Gasteiger partial charge is 0.222 e. The SMILES string of the molecule is Cc1sc2c(c1C)C(c1ccc(Cl)cc1)=NC(CC(=O)NCCc1cnc[nH]1)c1nnc(C)n1-2. The molecule has 1 aromatic carbocycles. The minimum atomic E-state index is -0.474. The molecule has 2 N–H and O–H groups in total. The van der Waals surface area contributed by atoms with E-state index in [4.69, 9.17) is 16.6 Å². The number of H-pyrrole nitrogens is 1. The van der Waals surface area contributed by atoms with Gasteiger partial charge in [-0.25, -0.2) is 4.98 Å². The number of hydrogen-bond acceptors (Lipinski definition) is 6. The van der Waals surface area contributed by atoms with Gasteiger partial charge in [-0.2, -0.15) is 0 Å². The molecule has 3 aromatic heterocycles. The van der Waals surface area contributed by atoms with Gasteiger partial charge >= 0.3 is 0 Å². The van der Waals surface area contributed by atoms with Crippen LogP contribution in [0.2, 0.25) is 5.02 Å². The molecule has 0 fully saturated rings. The number of benzene rings is 1. The highest BCUT2D eigenvalue weighted by Gasteiger charge is 2.32. The first-order valence-corrected chi connectivity index (χ1v) is 12.2. The molecule has 34 heavy (non-hydrogen) atoms. The number of nitrogens with zero attached hydrogens (tertiary/aromatic N) is 5. The van der Waals surface area contributed by atoms with Crippen LogP contribution >= 0.6 is 22.9 Å². The monoisotopic (exact) mass is 493 g/mol. The van der Waals surface area contributed by atoms with Crippen molar-refractivity contribution < 1.29 is 4.79 Å². The van der Waals surface area contributed by atoms with Crippen LogP contribution in [0.25, 0.3) is 5.00 Å². The van der Waals surface area contributed by atoms with E-state index >= 15 is 0 Å². The molecule has 5 rings (SSSR count). The first-order chi connectivity index (χ1) is 16.4. The topological polar surface area (TPSA) is 101 Å². The van der Waals surface area contributed by atoms with Crippen LogP contribution in [-0.4, -0.2) is 42.9 Å². The summed E-state index contributed by atoms with van der Waals surface area (Å²) in [5.74, 6) is 1.36. The number of aromatic amines is 1. The molecule has 1 unspecified atom stereocenters. The quantitative estimate of drug-likeness (QED) is 0.418. The number of halogens is 1. The van der Waals surface area contributed by atoms with Gasteiger partial charge < -0.3 is 10.3 Å². The summed E-state index contributed by atoms with van der Waals surface area (Å²) in [6.07, 6.45) is 4.24. The van der Waals surface area contributed by atoms with E-state index in [1.54, 1.807) is 23.9 Å². The van der Waals surface area contributed by atoms with Gasteiger partial charge in [0.1, 0.15) is 16.9 Å². The Hall–Kier alpha value is -3.30. The van der Waals surface area contributed by atoms with E-state index in [1.165, 1.54) is 4.88 Å². The lowest BCUT2D eigenvalue weighted by atomic mass is 9.99. The van der Waals surface area contributed by atoms with Gasteiger partial charge in [-0.05, 0) is 38.5 Å². The number of fused-ring (bicyclic) bond motifs is 3. The molecule has 10 heteroatoms. The van der Waals surface area contributed by atoms with E-state index in [0.29, 0.717) is 23.8 Å². The second kappa shape index (κ2) is 9.15. The van der Waals surface area contributed by atoms with Crippen LogP contribution in [0.1, 0.15) is 51.4 Å². The average molecular weight is 494 g/mol. The van der Waals surface area contributed by atoms with Gasteiger partial charge in [-0.3, -0.25) is 14.4 Å². The third kappa shape index (κ3) is 4.17. The lowest BCUT2D eigenvalue weighted by Crippen LogP contribution is -2.27. The number of nitrogens with one attached hydrogen (secondary N) is 2. The Morgan fingerprint density at radius 2 is 2.00 bits per heavy atom. The van der Waals surface area contributed by atoms with Crippen LogP contribution in [0.4, 0.5) is 0 Å². The second-order valence-corrected chi connectivity index (χ2v) is 9.93. The fraction of sp³-hybridized carbons (Fsp3) is 0.292. The summed E-state index contributed by atoms with van der Waals surface area (Å²) in [5, 5.41) is 13.5. The van der Waals surface area contributed by atoms with Crippen LogP contribution in [0.5, 0.6) is 0 Å². The van der Waals surface area contributed by atoms with Crippen molar-refractivity contribution in [2.24, 2.45) is 4.99 Å². The average Bonchev–Trinajstić information content (AvgIpc) is 3.51. The summed E-state index contributed by atoms with van der Waals surface area (Å²) in [6, 6.07) is 7.19. The largest absolute Gasteiger partial charge is 0.356 e. The molecular formula is C24H24ClN7OS. The predicted molar refractivity (Wildman–Crippen MR) is 133 cm³/mol. The zero-order valence-electron chi connectivity index (χ0n) is 19.1. The van der Waals surface area contributed by atoms with Gasteiger partial charge in [-0.15, -0.1) is 21.5 Å². The standard InChI is InChI=1S/C24H24ClN7OS/c1-13-14(2)34-24-21(13)22(16-4-6-17(25)7-5-16)29-19(23-31-30-15(3)32(23)24)10-20(33)27-9-8-18-11-26-12-28-18/h4-7,11-12,19H,8-10H2,1-3H3,(H,26,28)(H,27,33). The maximum Gasteiger partial charge on any atom is 0.222 e. The van der Waals surface area contributed by atoms with Crippen molar-refractivity contribution in [3.8, 4) is 5.00 Å². The van der Waals surface area contributed by atoms with Crippen molar-refractivity contribution in [1.82, 2.24) is 30.0 Å². The van der Waals surface area contributed by atoms with Crippen LogP contribution in [-0.2, 0) is 11.2 Å². The van der Waals surface area contributed by atoms with Crippen molar-refractivity contribution in [3.63, 3.8) is 0 Å². The number of carbonyl (C=O) groups excluding carboxylic acids is 1. The molecule has 1 atom stereocenters. The third-order valence-electron chi connectivity index (χ3n) is 6.01. The Balaban J connectivity index is 1.52. The number of imidazole rings is 1. The molecule has 0 spiro atoms. The second-order valence-electron chi connectivity index (χ2n) is 8.29. The van der Waals surface area contributed by atoms with E-state index in [2.05, 4.69) is 43.9 Å². The Bertz CT molecular complexity index is 1370. The van der Waals surface area contributed by atoms with Gasteiger partial charge in [-0.1, -0.05) is 23.7 Å². The lowest BCUT2D eigenvalue weighted by molar-refractivity contribution is -0.121. The van der Waals surface area contributed by atoms with Crippen LogP contribution in [0.15, 0.2) is 41.8 Å². The number of aryl methyl sites for hydroxylation is 2. The molecule has 0 saturated heterocycles. The molecule has 174 valence electrons. The number of rotatable bonds is 6. The summed E-state index contributed by atoms with van der Waals surface area (Å²) >= 11 is 7.85. The first-order valence-electron chi connectivity index (χ1n) is 11.0. The molecule has 0 radical (unpaired) electrons. The zero-order valence-corrected chi connectivity index (χ0v) is 20.7. The minimum Gasteiger partial charge on any atom is -0.356 e. The number of thiophene rings is 1. The van der Waals surface area contributed by atoms with Crippen LogP contribution < -0.4 is 5.32 Å². The number of carbonyl (C=O) groups is 1. The maximum absolute atomic E-state index is 12.9. The fourth-order valence-electron chi connectivity index (χ4n) is 4.14. The van der Waals surface area contributed by atoms with Crippen LogP contribution in [0.3, 0.4) is 0 Å². The molecule has 0 bridgehead atoms. The summed E-state index contributed by atoms with van der Waals surface area (Å²) in [7, 11) is 0. The van der Waals surface area contributed by atoms with E-state index in [9.17, 15) is 4.79 Å². The van der Waals surface area contributed by atoms with Gasteiger partial charge in [0.15, 0.2) is 5.82 Å². The molecule has 4 heterocycles. The number of hydrogen-bond donors (Lipinski definition) is 2. The van der Waals surface area contributed by atoms with Gasteiger partial charge in [0.2, 0.25) is 5.91 Å². The van der Waals surface area contributed by atoms with E-state index in [-0.39, 0.29) is 12.3 Å². The molecule has 1 amide bonds. The Morgan fingerprint density at radius 3 is 2.74 bits per heavy atom. The van der Waals surface area contributed by atoms with Crippen molar-refractivity contribution >= 4 is 34.6 Å². The Labute approximate surface area is 206 Å². The normalized spacial score (nSPS) is 14.8. The first kappa shape index (κ1) is 22.5. The van der Waals surface area contributed by atoms with Crippen molar-refractivity contribution in [3.05, 3.63) is 80.7 Å². The van der Waals surface area contributed by atoms with E-state index in [0.717, 1.165) is 38.9 Å². The zero-order chi connectivity index (χ0) is 23.8. The van der Waals surface area contributed by atoms with Crippen molar-refractivity contribution in [2.75, 3.05) is 6.54 Å². The molecule has 1 aliphatic heterocycles. The van der Waals surface area contributed by atoms with Gasteiger partial charge in [0, 0.05) is 45.9 Å². The summed E-state index contributed by atoms with van der Waals surface area (Å²) < 4.78 is 2.05. The molecule has 8 nitrogen and oxygen atoms in total. The summed E-state index contributed by atoms with van der Waals surface area (Å²) in [6.45, 7) is 6.66. The van der Waals surface area contributed by atoms with Crippen LogP contribution in [0, 0.1) is 20.8 Å². The Kier molecular flexibility index (Phi) is 6.05. The highest BCUT2D eigenvalue weighted by Crippen LogP contribution is 2.39. The molecule has 0 saturated carbocycles. The van der Waals surface area contributed by atoms with Crippen molar-refractivity contribution in [1.29, 1.82) is 0 Å². The maximum atomic E-state index is 12.9.